The lowest BCUT2D eigenvalue weighted by molar-refractivity contribution is 0.202. The molecule has 0 aliphatic carbocycles. The quantitative estimate of drug-likeness (QED) is 0.677. The van der Waals surface area contributed by atoms with Crippen LogP contribution in [0.25, 0.3) is 0 Å². The summed E-state index contributed by atoms with van der Waals surface area (Å²) >= 11 is 0. The molecule has 1 fully saturated rings. The van der Waals surface area contributed by atoms with Crippen molar-refractivity contribution < 1.29 is 4.74 Å². The van der Waals surface area contributed by atoms with Crippen LogP contribution in [0.15, 0.2) is 11.1 Å². The molecule has 0 aromatic heterocycles. The van der Waals surface area contributed by atoms with E-state index in [1.165, 1.54) is 25.8 Å². The summed E-state index contributed by atoms with van der Waals surface area (Å²) in [4.78, 5) is 0. The van der Waals surface area contributed by atoms with Crippen LogP contribution in [0.4, 0.5) is 0 Å². The lowest BCUT2D eigenvalue weighted by Crippen LogP contribution is -2.13. The average Bonchev–Trinajstić information content (AvgIpc) is 2.42. The van der Waals surface area contributed by atoms with Crippen LogP contribution in [0.2, 0.25) is 0 Å². The molecule has 0 aromatic rings. The molecule has 2 nitrogen and oxygen atoms in total. The van der Waals surface area contributed by atoms with Crippen molar-refractivity contribution in [2.45, 2.75) is 32.6 Å². The van der Waals surface area contributed by atoms with Crippen molar-refractivity contribution >= 4 is 0 Å². The second-order valence-corrected chi connectivity index (χ2v) is 3.73. The van der Waals surface area contributed by atoms with Gasteiger partial charge < -0.3 is 10.1 Å². The standard InChI is InChI=1S/C11H21NO/c1-10(6-9-13-2)11-4-3-7-12-8-5-11/h12H,3-9H2,1-2H3. The van der Waals surface area contributed by atoms with Crippen LogP contribution in [0.1, 0.15) is 32.6 Å². The molecule has 1 heterocycles. The second-order valence-electron chi connectivity index (χ2n) is 3.73. The summed E-state index contributed by atoms with van der Waals surface area (Å²) in [5.74, 6) is 0. The third kappa shape index (κ3) is 3.92. The van der Waals surface area contributed by atoms with Crippen molar-refractivity contribution in [3.8, 4) is 0 Å². The molecular weight excluding hydrogens is 162 g/mol. The molecule has 0 aromatic carbocycles. The molecule has 1 rings (SSSR count). The predicted octanol–water partition coefficient (Wildman–Crippen LogP) is 2.11. The summed E-state index contributed by atoms with van der Waals surface area (Å²) in [6.07, 6.45) is 4.91. The Bertz CT molecular complexity index is 165. The lowest BCUT2D eigenvalue weighted by Gasteiger charge is -2.08. The number of nitrogens with one attached hydrogen (secondary N) is 1. The number of methoxy groups -OCH3 is 1. The van der Waals surface area contributed by atoms with E-state index in [2.05, 4.69) is 12.2 Å². The first-order valence-electron chi connectivity index (χ1n) is 5.21. The SMILES string of the molecule is COCCC(C)=C1CCCNCC1. The Morgan fingerprint density at radius 3 is 3.00 bits per heavy atom. The first kappa shape index (κ1) is 10.7. The normalized spacial score (nSPS) is 22.6. The number of ether oxygens (including phenoxy) is 1. The maximum absolute atomic E-state index is 5.08. The Morgan fingerprint density at radius 1 is 1.38 bits per heavy atom. The molecule has 0 unspecified atom stereocenters. The Labute approximate surface area is 81.4 Å². The number of rotatable bonds is 3. The summed E-state index contributed by atoms with van der Waals surface area (Å²) in [7, 11) is 1.77. The van der Waals surface area contributed by atoms with Gasteiger partial charge in [-0.05, 0) is 45.7 Å². The zero-order chi connectivity index (χ0) is 9.52. The van der Waals surface area contributed by atoms with Crippen LogP contribution in [0.5, 0.6) is 0 Å². The number of hydrogen-bond acceptors (Lipinski definition) is 2. The molecule has 0 bridgehead atoms. The molecule has 1 aliphatic rings. The highest BCUT2D eigenvalue weighted by atomic mass is 16.5. The van der Waals surface area contributed by atoms with E-state index in [1.807, 2.05) is 0 Å². The molecule has 0 amide bonds. The molecule has 1 saturated heterocycles. The minimum atomic E-state index is 0.864. The van der Waals surface area contributed by atoms with Gasteiger partial charge in [-0.2, -0.15) is 0 Å². The van der Waals surface area contributed by atoms with Gasteiger partial charge in [0.25, 0.3) is 0 Å². The van der Waals surface area contributed by atoms with E-state index in [-0.39, 0.29) is 0 Å². The summed E-state index contributed by atoms with van der Waals surface area (Å²) < 4.78 is 5.08. The van der Waals surface area contributed by atoms with E-state index in [0.29, 0.717) is 0 Å². The summed E-state index contributed by atoms with van der Waals surface area (Å²) in [5.41, 5.74) is 3.20. The Morgan fingerprint density at radius 2 is 2.23 bits per heavy atom. The summed E-state index contributed by atoms with van der Waals surface area (Å²) in [6.45, 7) is 5.45. The molecule has 0 atom stereocenters. The number of hydrogen-bond donors (Lipinski definition) is 1. The molecule has 76 valence electrons. The fourth-order valence-corrected chi connectivity index (χ4v) is 1.77. The van der Waals surface area contributed by atoms with Gasteiger partial charge in [-0.3, -0.25) is 0 Å². The highest BCUT2D eigenvalue weighted by Gasteiger charge is 2.06. The van der Waals surface area contributed by atoms with Gasteiger partial charge in [0, 0.05) is 13.7 Å². The van der Waals surface area contributed by atoms with Gasteiger partial charge in [-0.15, -0.1) is 0 Å². The average molecular weight is 183 g/mol. The molecule has 13 heavy (non-hydrogen) atoms. The van der Waals surface area contributed by atoms with Crippen molar-refractivity contribution in [3.63, 3.8) is 0 Å². The van der Waals surface area contributed by atoms with E-state index in [4.69, 9.17) is 4.74 Å². The van der Waals surface area contributed by atoms with E-state index in [1.54, 1.807) is 18.3 Å². The monoisotopic (exact) mass is 183 g/mol. The Kier molecular flexibility index (Phi) is 5.09. The largest absolute Gasteiger partial charge is 0.384 e. The van der Waals surface area contributed by atoms with Crippen molar-refractivity contribution in [3.05, 3.63) is 11.1 Å². The smallest absolute Gasteiger partial charge is 0.0499 e. The molecule has 2 heteroatoms. The summed E-state index contributed by atoms with van der Waals surface area (Å²) in [6, 6.07) is 0. The van der Waals surface area contributed by atoms with Crippen molar-refractivity contribution in [1.82, 2.24) is 5.32 Å². The Balaban J connectivity index is 2.43. The van der Waals surface area contributed by atoms with E-state index >= 15 is 0 Å². The van der Waals surface area contributed by atoms with Crippen LogP contribution < -0.4 is 5.32 Å². The van der Waals surface area contributed by atoms with Gasteiger partial charge >= 0.3 is 0 Å². The predicted molar refractivity (Wildman–Crippen MR) is 55.9 cm³/mol. The van der Waals surface area contributed by atoms with Gasteiger partial charge in [0.05, 0.1) is 0 Å². The lowest BCUT2D eigenvalue weighted by atomic mass is 10.0. The van der Waals surface area contributed by atoms with Gasteiger partial charge in [-0.1, -0.05) is 11.1 Å². The van der Waals surface area contributed by atoms with Crippen molar-refractivity contribution in [1.29, 1.82) is 0 Å². The van der Waals surface area contributed by atoms with E-state index in [0.717, 1.165) is 19.6 Å². The topological polar surface area (TPSA) is 21.3 Å². The molecule has 0 radical (unpaired) electrons. The molecule has 1 aliphatic heterocycles. The van der Waals surface area contributed by atoms with Gasteiger partial charge in [0.15, 0.2) is 0 Å². The van der Waals surface area contributed by atoms with E-state index in [9.17, 15) is 0 Å². The third-order valence-corrected chi connectivity index (χ3v) is 2.72. The zero-order valence-corrected chi connectivity index (χ0v) is 8.86. The highest BCUT2D eigenvalue weighted by molar-refractivity contribution is 5.13. The van der Waals surface area contributed by atoms with Crippen molar-refractivity contribution in [2.75, 3.05) is 26.8 Å². The van der Waals surface area contributed by atoms with E-state index < -0.39 is 0 Å². The maximum atomic E-state index is 5.08. The fourth-order valence-electron chi connectivity index (χ4n) is 1.77. The molecule has 0 saturated carbocycles. The van der Waals surface area contributed by atoms with Gasteiger partial charge in [0.1, 0.15) is 0 Å². The fraction of sp³-hybridized carbons (Fsp3) is 0.818. The Hall–Kier alpha value is -0.340. The zero-order valence-electron chi connectivity index (χ0n) is 8.86. The van der Waals surface area contributed by atoms with Crippen molar-refractivity contribution in [2.24, 2.45) is 0 Å². The van der Waals surface area contributed by atoms with Crippen LogP contribution >= 0.6 is 0 Å². The van der Waals surface area contributed by atoms with Crippen LogP contribution in [0.3, 0.4) is 0 Å². The van der Waals surface area contributed by atoms with Crippen LogP contribution in [-0.2, 0) is 4.74 Å². The first-order valence-corrected chi connectivity index (χ1v) is 5.21. The second kappa shape index (κ2) is 6.17. The van der Waals surface area contributed by atoms with Crippen LogP contribution in [0, 0.1) is 0 Å². The first-order chi connectivity index (χ1) is 6.34. The molecular formula is C11H21NO. The summed E-state index contributed by atoms with van der Waals surface area (Å²) in [5, 5.41) is 3.42. The highest BCUT2D eigenvalue weighted by Crippen LogP contribution is 2.18. The molecule has 1 N–H and O–H groups in total. The minimum absolute atomic E-state index is 0.864. The third-order valence-electron chi connectivity index (χ3n) is 2.72. The van der Waals surface area contributed by atoms with Crippen LogP contribution in [-0.4, -0.2) is 26.8 Å². The minimum Gasteiger partial charge on any atom is -0.384 e. The maximum Gasteiger partial charge on any atom is 0.0499 e. The molecule has 0 spiro atoms. The van der Waals surface area contributed by atoms with Gasteiger partial charge in [-0.25, -0.2) is 0 Å². The van der Waals surface area contributed by atoms with Gasteiger partial charge in [0.2, 0.25) is 0 Å².